The Hall–Kier alpha value is -2.34. The summed E-state index contributed by atoms with van der Waals surface area (Å²) in [5.74, 6) is 2.50. The van der Waals surface area contributed by atoms with Gasteiger partial charge in [0, 0.05) is 25.8 Å². The number of nitrogens with zero attached hydrogens (tertiary/aromatic N) is 3. The summed E-state index contributed by atoms with van der Waals surface area (Å²) in [4.78, 5) is 11.0. The lowest BCUT2D eigenvalue weighted by molar-refractivity contribution is 0.154. The van der Waals surface area contributed by atoms with E-state index < -0.39 is 0 Å². The lowest BCUT2D eigenvalue weighted by Crippen LogP contribution is -2.38. The molecule has 0 spiro atoms. The van der Waals surface area contributed by atoms with Crippen LogP contribution in [0.3, 0.4) is 0 Å². The van der Waals surface area contributed by atoms with Gasteiger partial charge in [0.2, 0.25) is 5.95 Å². The number of aliphatic hydroxyl groups excluding tert-OH is 1. The molecule has 6 nitrogen and oxygen atoms in total. The molecule has 2 aliphatic rings. The van der Waals surface area contributed by atoms with Crippen molar-refractivity contribution in [3.8, 4) is 5.75 Å². The number of nitrogens with one attached hydrogen (secondary N) is 1. The average molecular weight is 340 g/mol. The maximum atomic E-state index is 9.85. The molecule has 2 aliphatic heterocycles. The highest BCUT2D eigenvalue weighted by Crippen LogP contribution is 2.26. The molecule has 0 amide bonds. The predicted molar refractivity (Wildman–Crippen MR) is 97.1 cm³/mol. The topological polar surface area (TPSA) is 70.5 Å². The lowest BCUT2D eigenvalue weighted by Gasteiger charge is -2.31. The van der Waals surface area contributed by atoms with E-state index >= 15 is 0 Å². The summed E-state index contributed by atoms with van der Waals surface area (Å²) in [6.07, 6.45) is 5.52. The SMILES string of the molecule is OC1CCCN(c2ccnc(NCc3ccc4c(c3)CCCO4)n2)C1. The quantitative estimate of drug-likeness (QED) is 0.890. The number of aliphatic hydroxyl groups is 1. The molecule has 6 heteroatoms. The summed E-state index contributed by atoms with van der Waals surface area (Å²) >= 11 is 0. The van der Waals surface area contributed by atoms with E-state index in [2.05, 4.69) is 38.4 Å². The van der Waals surface area contributed by atoms with E-state index in [4.69, 9.17) is 4.74 Å². The summed E-state index contributed by atoms with van der Waals surface area (Å²) in [6.45, 7) is 3.06. The van der Waals surface area contributed by atoms with Gasteiger partial charge in [-0.05, 0) is 48.9 Å². The molecule has 1 aromatic carbocycles. The van der Waals surface area contributed by atoms with Gasteiger partial charge >= 0.3 is 0 Å². The first-order valence-corrected chi connectivity index (χ1v) is 9.02. The van der Waals surface area contributed by atoms with Gasteiger partial charge in [-0.1, -0.05) is 12.1 Å². The molecule has 1 atom stereocenters. The van der Waals surface area contributed by atoms with E-state index in [9.17, 15) is 5.11 Å². The number of hydrogen-bond donors (Lipinski definition) is 2. The van der Waals surface area contributed by atoms with Gasteiger partial charge in [0.1, 0.15) is 11.6 Å². The fourth-order valence-electron chi connectivity index (χ4n) is 3.48. The smallest absolute Gasteiger partial charge is 0.224 e. The van der Waals surface area contributed by atoms with E-state index in [-0.39, 0.29) is 6.10 Å². The van der Waals surface area contributed by atoms with Gasteiger partial charge < -0.3 is 20.1 Å². The largest absolute Gasteiger partial charge is 0.493 e. The van der Waals surface area contributed by atoms with Gasteiger partial charge in [-0.15, -0.1) is 0 Å². The second-order valence-corrected chi connectivity index (χ2v) is 6.73. The van der Waals surface area contributed by atoms with Gasteiger partial charge in [-0.25, -0.2) is 4.98 Å². The van der Waals surface area contributed by atoms with Crippen LogP contribution in [0.1, 0.15) is 30.4 Å². The molecule has 25 heavy (non-hydrogen) atoms. The number of ether oxygens (including phenoxy) is 1. The highest BCUT2D eigenvalue weighted by Gasteiger charge is 2.19. The Morgan fingerprint density at radius 3 is 3.16 bits per heavy atom. The molecule has 0 radical (unpaired) electrons. The predicted octanol–water partition coefficient (Wildman–Crippen LogP) is 2.37. The van der Waals surface area contributed by atoms with E-state index in [1.807, 2.05) is 6.07 Å². The Labute approximate surface area is 147 Å². The highest BCUT2D eigenvalue weighted by molar-refractivity contribution is 5.44. The fraction of sp³-hybridized carbons (Fsp3) is 0.474. The van der Waals surface area contributed by atoms with Crippen molar-refractivity contribution in [2.45, 2.75) is 38.3 Å². The molecule has 132 valence electrons. The first-order valence-electron chi connectivity index (χ1n) is 9.02. The second-order valence-electron chi connectivity index (χ2n) is 6.73. The number of aromatic nitrogens is 2. The first kappa shape index (κ1) is 16.1. The van der Waals surface area contributed by atoms with Crippen LogP contribution in [-0.2, 0) is 13.0 Å². The van der Waals surface area contributed by atoms with E-state index in [0.717, 1.165) is 50.4 Å². The molecule has 0 saturated carbocycles. The van der Waals surface area contributed by atoms with Crippen molar-refractivity contribution in [1.29, 1.82) is 0 Å². The van der Waals surface area contributed by atoms with Crippen molar-refractivity contribution in [1.82, 2.24) is 9.97 Å². The summed E-state index contributed by atoms with van der Waals surface area (Å²) in [7, 11) is 0. The summed E-state index contributed by atoms with van der Waals surface area (Å²) in [6, 6.07) is 8.24. The Kier molecular flexibility index (Phi) is 4.70. The molecular formula is C19H24N4O2. The molecule has 1 unspecified atom stereocenters. The summed E-state index contributed by atoms with van der Waals surface area (Å²) in [5, 5.41) is 13.2. The van der Waals surface area contributed by atoms with Gasteiger partial charge in [-0.2, -0.15) is 4.98 Å². The van der Waals surface area contributed by atoms with E-state index in [1.54, 1.807) is 6.20 Å². The van der Waals surface area contributed by atoms with Crippen molar-refractivity contribution in [2.75, 3.05) is 29.9 Å². The molecule has 1 aromatic heterocycles. The van der Waals surface area contributed by atoms with Gasteiger partial charge in [0.15, 0.2) is 0 Å². The molecule has 1 fully saturated rings. The van der Waals surface area contributed by atoms with E-state index in [0.29, 0.717) is 19.0 Å². The normalized spacial score (nSPS) is 19.9. The molecule has 4 rings (SSSR count). The molecule has 1 saturated heterocycles. The average Bonchev–Trinajstić information content (AvgIpc) is 2.66. The van der Waals surface area contributed by atoms with Crippen LogP contribution < -0.4 is 15.0 Å². The van der Waals surface area contributed by atoms with Crippen molar-refractivity contribution >= 4 is 11.8 Å². The molecule has 2 aromatic rings. The van der Waals surface area contributed by atoms with Crippen molar-refractivity contribution in [2.24, 2.45) is 0 Å². The zero-order valence-corrected chi connectivity index (χ0v) is 14.3. The van der Waals surface area contributed by atoms with Crippen LogP contribution in [0.25, 0.3) is 0 Å². The Bertz CT molecular complexity index is 737. The van der Waals surface area contributed by atoms with Crippen molar-refractivity contribution < 1.29 is 9.84 Å². The standard InChI is InChI=1S/C19H24N4O2/c24-16-4-1-9-23(13-16)18-7-8-20-19(22-18)21-12-14-5-6-17-15(11-14)3-2-10-25-17/h5-8,11,16,24H,1-4,9-10,12-13H2,(H,20,21,22). The van der Waals surface area contributed by atoms with Crippen LogP contribution in [0.5, 0.6) is 5.75 Å². The Morgan fingerprint density at radius 1 is 1.28 bits per heavy atom. The minimum atomic E-state index is -0.266. The number of rotatable bonds is 4. The van der Waals surface area contributed by atoms with E-state index in [1.165, 1.54) is 11.1 Å². The zero-order valence-electron chi connectivity index (χ0n) is 14.3. The van der Waals surface area contributed by atoms with Crippen molar-refractivity contribution in [3.05, 3.63) is 41.6 Å². The zero-order chi connectivity index (χ0) is 17.1. The molecule has 0 aliphatic carbocycles. The van der Waals surface area contributed by atoms with Crippen LogP contribution in [0.2, 0.25) is 0 Å². The maximum Gasteiger partial charge on any atom is 0.224 e. The van der Waals surface area contributed by atoms with Crippen LogP contribution in [0, 0.1) is 0 Å². The van der Waals surface area contributed by atoms with Crippen LogP contribution in [0.15, 0.2) is 30.5 Å². The van der Waals surface area contributed by atoms with Crippen LogP contribution >= 0.6 is 0 Å². The minimum Gasteiger partial charge on any atom is -0.493 e. The number of β-amino-alcohol motifs (C(OH)–C–C–N with tert-alkyl or cyclic N) is 1. The van der Waals surface area contributed by atoms with Crippen LogP contribution in [-0.4, -0.2) is 40.9 Å². The summed E-state index contributed by atoms with van der Waals surface area (Å²) in [5.41, 5.74) is 2.48. The Morgan fingerprint density at radius 2 is 2.24 bits per heavy atom. The number of fused-ring (bicyclic) bond motifs is 1. The number of benzene rings is 1. The molecule has 2 N–H and O–H groups in total. The number of aryl methyl sites for hydroxylation is 1. The van der Waals surface area contributed by atoms with Gasteiger partial charge in [0.05, 0.1) is 12.7 Å². The first-order chi connectivity index (χ1) is 12.3. The third-order valence-corrected chi connectivity index (χ3v) is 4.78. The minimum absolute atomic E-state index is 0.266. The second kappa shape index (κ2) is 7.27. The van der Waals surface area contributed by atoms with Gasteiger partial charge in [0.25, 0.3) is 0 Å². The lowest BCUT2D eigenvalue weighted by atomic mass is 10.0. The van der Waals surface area contributed by atoms with Crippen molar-refractivity contribution in [3.63, 3.8) is 0 Å². The fourth-order valence-corrected chi connectivity index (χ4v) is 3.48. The monoisotopic (exact) mass is 340 g/mol. The molecular weight excluding hydrogens is 316 g/mol. The molecule has 3 heterocycles. The highest BCUT2D eigenvalue weighted by atomic mass is 16.5. The third kappa shape index (κ3) is 3.85. The third-order valence-electron chi connectivity index (χ3n) is 4.78. The van der Waals surface area contributed by atoms with Gasteiger partial charge in [-0.3, -0.25) is 0 Å². The number of anilines is 2. The number of piperidine rings is 1. The maximum absolute atomic E-state index is 9.85. The molecule has 0 bridgehead atoms. The van der Waals surface area contributed by atoms with Crippen LogP contribution in [0.4, 0.5) is 11.8 Å². The summed E-state index contributed by atoms with van der Waals surface area (Å²) < 4.78 is 5.66. The Balaban J connectivity index is 1.42. The number of hydrogen-bond acceptors (Lipinski definition) is 6.